The van der Waals surface area contributed by atoms with E-state index in [9.17, 15) is 14.4 Å². The normalized spacial score (nSPS) is 12.5. The van der Waals surface area contributed by atoms with Crippen LogP contribution < -0.4 is 0 Å². The van der Waals surface area contributed by atoms with Crippen molar-refractivity contribution in [3.05, 3.63) is 60.8 Å². The minimum atomic E-state index is -0.802. The third-order valence-corrected chi connectivity index (χ3v) is 11.0. The lowest BCUT2D eigenvalue weighted by Gasteiger charge is -2.18. The number of rotatable bonds is 46. The van der Waals surface area contributed by atoms with Crippen molar-refractivity contribution in [3.63, 3.8) is 0 Å². The molecule has 0 saturated carbocycles. The summed E-state index contributed by atoms with van der Waals surface area (Å²) in [5.74, 6) is -0.959. The van der Waals surface area contributed by atoms with Crippen LogP contribution in [0.5, 0.6) is 0 Å². The minimum absolute atomic E-state index is 0.0968. The van der Waals surface area contributed by atoms with Gasteiger partial charge in [0, 0.05) is 19.3 Å². The van der Waals surface area contributed by atoms with E-state index in [2.05, 4.69) is 81.5 Å². The third kappa shape index (κ3) is 48.0. The van der Waals surface area contributed by atoms with Gasteiger partial charge >= 0.3 is 17.9 Å². The molecule has 6 nitrogen and oxygen atoms in total. The maximum Gasteiger partial charge on any atom is 0.306 e. The molecule has 0 spiro atoms. The molecule has 61 heavy (non-hydrogen) atoms. The van der Waals surface area contributed by atoms with Gasteiger partial charge in [0.15, 0.2) is 6.10 Å². The highest BCUT2D eigenvalue weighted by Gasteiger charge is 2.19. The summed E-state index contributed by atoms with van der Waals surface area (Å²) in [6, 6.07) is 0. The van der Waals surface area contributed by atoms with Crippen LogP contribution in [0.4, 0.5) is 0 Å². The lowest BCUT2D eigenvalue weighted by Crippen LogP contribution is -2.30. The minimum Gasteiger partial charge on any atom is -0.462 e. The van der Waals surface area contributed by atoms with Gasteiger partial charge in [0.1, 0.15) is 13.2 Å². The Kier molecular flexibility index (Phi) is 47.4. The van der Waals surface area contributed by atoms with Gasteiger partial charge in [0.2, 0.25) is 0 Å². The lowest BCUT2D eigenvalue weighted by atomic mass is 10.1. The monoisotopic (exact) mass is 853 g/mol. The summed E-state index contributed by atoms with van der Waals surface area (Å²) >= 11 is 0. The van der Waals surface area contributed by atoms with Crippen LogP contribution in [0.3, 0.4) is 0 Å². The average Bonchev–Trinajstić information content (AvgIpc) is 3.26. The van der Waals surface area contributed by atoms with Crippen LogP contribution >= 0.6 is 0 Å². The van der Waals surface area contributed by atoms with E-state index in [0.717, 1.165) is 70.6 Å². The van der Waals surface area contributed by atoms with Crippen LogP contribution in [-0.2, 0) is 28.6 Å². The SMILES string of the molecule is CCCCC/C=C\C/C=C\C/C=C\C/C=C\CCCC(=O)O[C@H](COC(=O)CCCCCCC/C=C\CCCCCCCC)COC(=O)CCCCCCCCCCCCC. The largest absolute Gasteiger partial charge is 0.462 e. The maximum atomic E-state index is 12.8. The van der Waals surface area contributed by atoms with Gasteiger partial charge in [0.05, 0.1) is 0 Å². The summed E-state index contributed by atoms with van der Waals surface area (Å²) < 4.78 is 16.7. The van der Waals surface area contributed by atoms with Crippen molar-refractivity contribution in [1.29, 1.82) is 0 Å². The molecule has 0 amide bonds. The summed E-state index contributed by atoms with van der Waals surface area (Å²) in [7, 11) is 0. The molecule has 0 fully saturated rings. The molecule has 0 saturated heterocycles. The number of ether oxygens (including phenoxy) is 3. The molecule has 0 unspecified atom stereocenters. The van der Waals surface area contributed by atoms with Gasteiger partial charge in [-0.3, -0.25) is 14.4 Å². The fourth-order valence-electron chi connectivity index (χ4n) is 7.08. The molecular weight excluding hydrogens is 757 g/mol. The van der Waals surface area contributed by atoms with E-state index in [0.29, 0.717) is 19.3 Å². The first-order valence-corrected chi connectivity index (χ1v) is 25.8. The summed E-state index contributed by atoms with van der Waals surface area (Å²) in [6.07, 6.45) is 60.6. The zero-order chi connectivity index (χ0) is 44.4. The van der Waals surface area contributed by atoms with Gasteiger partial charge in [-0.2, -0.15) is 0 Å². The number of unbranched alkanes of at least 4 members (excludes halogenated alkanes) is 25. The molecule has 0 aliphatic heterocycles. The third-order valence-electron chi connectivity index (χ3n) is 11.0. The van der Waals surface area contributed by atoms with E-state index >= 15 is 0 Å². The molecule has 6 heteroatoms. The molecule has 0 heterocycles. The Morgan fingerprint density at radius 1 is 0.328 bits per heavy atom. The van der Waals surface area contributed by atoms with Crippen molar-refractivity contribution in [2.45, 2.75) is 258 Å². The molecule has 352 valence electrons. The maximum absolute atomic E-state index is 12.8. The highest BCUT2D eigenvalue weighted by molar-refractivity contribution is 5.71. The van der Waals surface area contributed by atoms with Crippen LogP contribution in [0.15, 0.2) is 60.8 Å². The van der Waals surface area contributed by atoms with E-state index in [-0.39, 0.29) is 37.5 Å². The number of esters is 3. The van der Waals surface area contributed by atoms with Gasteiger partial charge in [-0.25, -0.2) is 0 Å². The summed E-state index contributed by atoms with van der Waals surface area (Å²) in [4.78, 5) is 37.9. The van der Waals surface area contributed by atoms with Crippen LogP contribution in [-0.4, -0.2) is 37.2 Å². The Balaban J connectivity index is 4.47. The highest BCUT2D eigenvalue weighted by atomic mass is 16.6. The van der Waals surface area contributed by atoms with Crippen LogP contribution in [0.2, 0.25) is 0 Å². The fourth-order valence-corrected chi connectivity index (χ4v) is 7.08. The molecule has 0 rings (SSSR count). The molecule has 0 aromatic rings. The van der Waals surface area contributed by atoms with Crippen LogP contribution in [0, 0.1) is 0 Å². The average molecular weight is 853 g/mol. The van der Waals surface area contributed by atoms with Crippen molar-refractivity contribution in [2.75, 3.05) is 13.2 Å². The van der Waals surface area contributed by atoms with Crippen LogP contribution in [0.25, 0.3) is 0 Å². The van der Waals surface area contributed by atoms with Gasteiger partial charge in [-0.05, 0) is 83.5 Å². The predicted molar refractivity (Wildman–Crippen MR) is 261 cm³/mol. The Bertz CT molecular complexity index is 1120. The molecule has 0 aliphatic rings. The number of allylic oxidation sites excluding steroid dienone is 10. The zero-order valence-electron chi connectivity index (χ0n) is 40.2. The smallest absolute Gasteiger partial charge is 0.306 e. The second kappa shape index (κ2) is 49.8. The first-order valence-electron chi connectivity index (χ1n) is 25.8. The molecule has 0 aromatic carbocycles. The fraction of sp³-hybridized carbons (Fsp3) is 0.764. The van der Waals surface area contributed by atoms with E-state index < -0.39 is 6.10 Å². The van der Waals surface area contributed by atoms with Gasteiger partial charge in [-0.15, -0.1) is 0 Å². The molecular formula is C55H96O6. The predicted octanol–water partition coefficient (Wildman–Crippen LogP) is 16.9. The van der Waals surface area contributed by atoms with Crippen molar-refractivity contribution in [1.82, 2.24) is 0 Å². The number of hydrogen-bond acceptors (Lipinski definition) is 6. The summed E-state index contributed by atoms with van der Waals surface area (Å²) in [5, 5.41) is 0. The van der Waals surface area contributed by atoms with Crippen molar-refractivity contribution in [3.8, 4) is 0 Å². The summed E-state index contributed by atoms with van der Waals surface area (Å²) in [6.45, 7) is 6.55. The second-order valence-electron chi connectivity index (χ2n) is 17.1. The lowest BCUT2D eigenvalue weighted by molar-refractivity contribution is -0.167. The van der Waals surface area contributed by atoms with E-state index in [1.54, 1.807) is 0 Å². The zero-order valence-corrected chi connectivity index (χ0v) is 40.2. The van der Waals surface area contributed by atoms with E-state index in [4.69, 9.17) is 14.2 Å². The standard InChI is InChI=1S/C55H96O6/c1-4-7-10-13-16-19-22-24-26-27-29-31-34-37-40-43-46-49-55(58)61-52(50-59-53(56)47-44-41-38-35-32-21-18-15-12-9-6-3)51-60-54(57)48-45-42-39-36-33-30-28-25-23-20-17-14-11-8-5-2/h16,19,24-26,28-29,31,37,40,52H,4-15,17-18,20-23,27,30,32-36,38-39,41-51H2,1-3H3/b19-16-,26-24-,28-25-,31-29-,40-37-/t52-/m0/s1. The van der Waals surface area contributed by atoms with Crippen molar-refractivity contribution < 1.29 is 28.6 Å². The summed E-state index contributed by atoms with van der Waals surface area (Å²) in [5.41, 5.74) is 0. The quantitative estimate of drug-likeness (QED) is 0.0263. The van der Waals surface area contributed by atoms with Crippen LogP contribution in [0.1, 0.15) is 252 Å². The van der Waals surface area contributed by atoms with Crippen molar-refractivity contribution >= 4 is 17.9 Å². The van der Waals surface area contributed by atoms with Crippen molar-refractivity contribution in [2.24, 2.45) is 0 Å². The first kappa shape index (κ1) is 58.1. The van der Waals surface area contributed by atoms with Gasteiger partial charge in [-0.1, -0.05) is 210 Å². The molecule has 0 aliphatic carbocycles. The molecule has 0 radical (unpaired) electrons. The Hall–Kier alpha value is -2.89. The number of carbonyl (C=O) groups excluding carboxylic acids is 3. The highest BCUT2D eigenvalue weighted by Crippen LogP contribution is 2.14. The topological polar surface area (TPSA) is 78.9 Å². The number of carbonyl (C=O) groups is 3. The Morgan fingerprint density at radius 2 is 0.607 bits per heavy atom. The molecule has 0 bridgehead atoms. The van der Waals surface area contributed by atoms with Gasteiger partial charge < -0.3 is 14.2 Å². The number of hydrogen-bond donors (Lipinski definition) is 0. The Morgan fingerprint density at radius 3 is 1.02 bits per heavy atom. The first-order chi connectivity index (χ1) is 30.0. The van der Waals surface area contributed by atoms with E-state index in [1.165, 1.54) is 135 Å². The molecule has 0 aromatic heterocycles. The van der Waals surface area contributed by atoms with Gasteiger partial charge in [0.25, 0.3) is 0 Å². The Labute approximate surface area is 377 Å². The molecule has 1 atom stereocenters. The second-order valence-corrected chi connectivity index (χ2v) is 17.1. The molecule has 0 N–H and O–H groups in total. The van der Waals surface area contributed by atoms with E-state index in [1.807, 2.05) is 0 Å².